The molecule has 3 heterocycles. The van der Waals surface area contributed by atoms with Gasteiger partial charge in [0.2, 0.25) is 9.84 Å². The zero-order valence-electron chi connectivity index (χ0n) is 16.7. The third-order valence-corrected chi connectivity index (χ3v) is 7.23. The van der Waals surface area contributed by atoms with E-state index in [4.69, 9.17) is 14.2 Å². The molecular formula is C22H21BrN2O5S. The van der Waals surface area contributed by atoms with Crippen molar-refractivity contribution in [3.8, 4) is 11.5 Å². The van der Waals surface area contributed by atoms with Crippen molar-refractivity contribution in [1.29, 1.82) is 0 Å². The van der Waals surface area contributed by atoms with Crippen LogP contribution in [0.2, 0.25) is 0 Å². The summed E-state index contributed by atoms with van der Waals surface area (Å²) in [5, 5.41) is 6.96. The summed E-state index contributed by atoms with van der Waals surface area (Å²) in [5.41, 5.74) is 1.29. The highest BCUT2D eigenvalue weighted by Gasteiger charge is 2.32. The predicted octanol–water partition coefficient (Wildman–Crippen LogP) is 4.67. The predicted molar refractivity (Wildman–Crippen MR) is 120 cm³/mol. The van der Waals surface area contributed by atoms with E-state index in [1.165, 1.54) is 5.41 Å². The van der Waals surface area contributed by atoms with Crippen molar-refractivity contribution in [3.63, 3.8) is 0 Å². The van der Waals surface area contributed by atoms with Gasteiger partial charge in [0.1, 0.15) is 17.3 Å². The van der Waals surface area contributed by atoms with Crippen LogP contribution in [0.5, 0.6) is 11.5 Å². The molecule has 1 saturated heterocycles. The molecule has 0 aliphatic carbocycles. The van der Waals surface area contributed by atoms with Crippen LogP contribution < -0.4 is 9.47 Å². The molecule has 0 amide bonds. The number of aromatic nitrogens is 2. The smallest absolute Gasteiger partial charge is 0.204 e. The first-order valence-electron chi connectivity index (χ1n) is 10.1. The summed E-state index contributed by atoms with van der Waals surface area (Å²) in [6.07, 6.45) is 4.41. The summed E-state index contributed by atoms with van der Waals surface area (Å²) in [4.78, 5) is 0.235. The summed E-state index contributed by atoms with van der Waals surface area (Å²) < 4.78 is 45.0. The van der Waals surface area contributed by atoms with Crippen LogP contribution in [0.3, 0.4) is 0 Å². The first-order valence-corrected chi connectivity index (χ1v) is 12.8. The molecule has 2 aliphatic heterocycles. The van der Waals surface area contributed by atoms with Crippen LogP contribution >= 0.6 is 15.9 Å². The van der Waals surface area contributed by atoms with Crippen molar-refractivity contribution in [1.82, 2.24) is 9.78 Å². The van der Waals surface area contributed by atoms with E-state index in [2.05, 4.69) is 21.0 Å². The third-order valence-electron chi connectivity index (χ3n) is 5.37. The second-order valence-electron chi connectivity index (χ2n) is 7.42. The van der Waals surface area contributed by atoms with Crippen molar-refractivity contribution in [2.24, 2.45) is 0 Å². The monoisotopic (exact) mass is 504 g/mol. The molecule has 1 atom stereocenters. The maximum atomic E-state index is 13.0. The summed E-state index contributed by atoms with van der Waals surface area (Å²) in [5.74, 6) is 1.55. The van der Waals surface area contributed by atoms with Gasteiger partial charge in [-0.2, -0.15) is 5.10 Å². The molecule has 5 rings (SSSR count). The van der Waals surface area contributed by atoms with E-state index in [0.717, 1.165) is 35.9 Å². The maximum Gasteiger partial charge on any atom is 0.204 e. The van der Waals surface area contributed by atoms with Gasteiger partial charge in [0.05, 0.1) is 28.6 Å². The molecule has 1 aromatic heterocycles. The standard InChI is InChI=1S/C22H21BrN2O5S/c23-10-12-28-15-4-6-16(7-5-15)30-20-14-31(26,27)22-17(20)8-9-19-18(22)13-24-25(19)21-3-1-2-11-29-21/h4-9,13-14,21H,1-3,10-12H2. The number of fused-ring (bicyclic) bond motifs is 3. The van der Waals surface area contributed by atoms with E-state index in [0.29, 0.717) is 35.7 Å². The molecule has 3 aromatic rings. The molecule has 2 aliphatic rings. The molecule has 1 unspecified atom stereocenters. The molecular weight excluding hydrogens is 484 g/mol. The lowest BCUT2D eigenvalue weighted by Gasteiger charge is -2.23. The highest BCUT2D eigenvalue weighted by Crippen LogP contribution is 2.40. The quantitative estimate of drug-likeness (QED) is 0.453. The minimum absolute atomic E-state index is 0.164. The van der Waals surface area contributed by atoms with Crippen molar-refractivity contribution < 1.29 is 22.6 Å². The third kappa shape index (κ3) is 3.86. The van der Waals surface area contributed by atoms with Crippen LogP contribution in [0.15, 0.2) is 52.9 Å². The maximum absolute atomic E-state index is 13.0. The molecule has 2 aromatic carbocycles. The Morgan fingerprint density at radius 1 is 1.13 bits per heavy atom. The van der Waals surface area contributed by atoms with Gasteiger partial charge in [-0.05, 0) is 55.7 Å². The van der Waals surface area contributed by atoms with Crippen LogP contribution in [0.1, 0.15) is 31.1 Å². The highest BCUT2D eigenvalue weighted by atomic mass is 79.9. The number of alkyl halides is 1. The van der Waals surface area contributed by atoms with E-state index in [9.17, 15) is 8.42 Å². The minimum atomic E-state index is -3.65. The Kier molecular flexibility index (Phi) is 5.49. The van der Waals surface area contributed by atoms with Gasteiger partial charge in [-0.15, -0.1) is 0 Å². The highest BCUT2D eigenvalue weighted by molar-refractivity contribution is 9.09. The van der Waals surface area contributed by atoms with Gasteiger partial charge in [0.25, 0.3) is 0 Å². The van der Waals surface area contributed by atoms with Crippen molar-refractivity contribution in [3.05, 3.63) is 53.6 Å². The Bertz CT molecular complexity index is 1240. The molecule has 0 radical (unpaired) electrons. The molecule has 31 heavy (non-hydrogen) atoms. The average Bonchev–Trinajstić information content (AvgIpc) is 3.32. The molecule has 9 heteroatoms. The van der Waals surface area contributed by atoms with Crippen molar-refractivity contribution in [2.45, 2.75) is 30.4 Å². The van der Waals surface area contributed by atoms with E-state index in [1.54, 1.807) is 41.2 Å². The van der Waals surface area contributed by atoms with Gasteiger partial charge < -0.3 is 14.2 Å². The number of benzene rings is 2. The first-order chi connectivity index (χ1) is 15.1. The molecule has 0 bridgehead atoms. The fourth-order valence-electron chi connectivity index (χ4n) is 3.97. The molecule has 0 saturated carbocycles. The van der Waals surface area contributed by atoms with E-state index < -0.39 is 9.84 Å². The van der Waals surface area contributed by atoms with Gasteiger partial charge in [-0.25, -0.2) is 13.1 Å². The van der Waals surface area contributed by atoms with Gasteiger partial charge in [-0.1, -0.05) is 15.9 Å². The Labute approximate surface area is 188 Å². The Hall–Kier alpha value is -2.36. The number of rotatable bonds is 6. The normalized spacial score (nSPS) is 19.8. The van der Waals surface area contributed by atoms with Gasteiger partial charge in [0.15, 0.2) is 6.23 Å². The lowest BCUT2D eigenvalue weighted by molar-refractivity contribution is -0.0366. The number of hydrogen-bond donors (Lipinski definition) is 0. The molecule has 0 N–H and O–H groups in total. The molecule has 1 fully saturated rings. The Morgan fingerprint density at radius 2 is 1.94 bits per heavy atom. The van der Waals surface area contributed by atoms with Gasteiger partial charge >= 0.3 is 0 Å². The van der Waals surface area contributed by atoms with Gasteiger partial charge in [0, 0.05) is 22.9 Å². The van der Waals surface area contributed by atoms with E-state index in [-0.39, 0.29) is 11.1 Å². The summed E-state index contributed by atoms with van der Waals surface area (Å²) >= 11 is 3.32. The average molecular weight is 505 g/mol. The number of sulfone groups is 1. The zero-order valence-corrected chi connectivity index (χ0v) is 19.1. The number of halogens is 1. The van der Waals surface area contributed by atoms with Crippen LogP contribution in [0.25, 0.3) is 16.7 Å². The fraction of sp³-hybridized carbons (Fsp3) is 0.318. The van der Waals surface area contributed by atoms with Crippen LogP contribution in [0, 0.1) is 0 Å². The first kappa shape index (κ1) is 20.5. The largest absolute Gasteiger partial charge is 0.493 e. The zero-order chi connectivity index (χ0) is 21.4. The second-order valence-corrected chi connectivity index (χ2v) is 9.95. The van der Waals surface area contributed by atoms with Gasteiger partial charge in [-0.3, -0.25) is 0 Å². The van der Waals surface area contributed by atoms with Crippen molar-refractivity contribution in [2.75, 3.05) is 18.5 Å². The molecule has 7 nitrogen and oxygen atoms in total. The Morgan fingerprint density at radius 3 is 2.68 bits per heavy atom. The minimum Gasteiger partial charge on any atom is -0.493 e. The lowest BCUT2D eigenvalue weighted by Crippen LogP contribution is -2.18. The SMILES string of the molecule is O=S1(=O)C=C(Oc2ccc(OCCBr)cc2)c2ccc3c(cnn3C3CCCCO3)c21. The topological polar surface area (TPSA) is 79.7 Å². The Balaban J connectivity index is 1.47. The summed E-state index contributed by atoms with van der Waals surface area (Å²) in [6.45, 7) is 1.25. The number of hydrogen-bond acceptors (Lipinski definition) is 6. The van der Waals surface area contributed by atoms with Crippen LogP contribution in [-0.4, -0.2) is 36.7 Å². The summed E-state index contributed by atoms with van der Waals surface area (Å²) in [6, 6.07) is 10.8. The van der Waals surface area contributed by atoms with E-state index >= 15 is 0 Å². The summed E-state index contributed by atoms with van der Waals surface area (Å²) in [7, 11) is -3.65. The van der Waals surface area contributed by atoms with Crippen LogP contribution in [-0.2, 0) is 14.6 Å². The van der Waals surface area contributed by atoms with Crippen molar-refractivity contribution >= 4 is 42.4 Å². The number of ether oxygens (including phenoxy) is 3. The number of nitrogens with zero attached hydrogens (tertiary/aromatic N) is 2. The fourth-order valence-corrected chi connectivity index (χ4v) is 5.65. The second kappa shape index (κ2) is 8.29. The molecule has 0 spiro atoms. The lowest BCUT2D eigenvalue weighted by atomic mass is 10.1. The molecule has 162 valence electrons. The van der Waals surface area contributed by atoms with Crippen LogP contribution in [0.4, 0.5) is 0 Å². The van der Waals surface area contributed by atoms with E-state index in [1.807, 2.05) is 6.07 Å².